The van der Waals surface area contributed by atoms with Crippen molar-refractivity contribution in [3.63, 3.8) is 0 Å². The van der Waals surface area contributed by atoms with Gasteiger partial charge in [0.15, 0.2) is 11.9 Å². The molecule has 1 fully saturated rings. The molecule has 0 aliphatic carbocycles. The Balaban J connectivity index is 1.49. The van der Waals surface area contributed by atoms with Crippen molar-refractivity contribution in [3.05, 3.63) is 53.3 Å². The van der Waals surface area contributed by atoms with Gasteiger partial charge in [-0.3, -0.25) is 0 Å². The fraction of sp³-hybridized carbons (Fsp3) is 0.300. The van der Waals surface area contributed by atoms with E-state index in [2.05, 4.69) is 20.0 Å². The summed E-state index contributed by atoms with van der Waals surface area (Å²) in [6.45, 7) is 3.61. The van der Waals surface area contributed by atoms with E-state index >= 15 is 0 Å². The molecule has 5 rings (SSSR count). The SMILES string of the molecule is Cc1noc(C2CN(c3cc(-c4nc5ccccc5n4C)c(Cl)cn3)CCO2)n1. The number of rotatable bonds is 3. The number of anilines is 1. The zero-order valence-corrected chi connectivity index (χ0v) is 16.8. The molecule has 1 atom stereocenters. The molecule has 3 aromatic heterocycles. The maximum Gasteiger partial charge on any atom is 0.257 e. The van der Waals surface area contributed by atoms with E-state index in [0.29, 0.717) is 36.4 Å². The van der Waals surface area contributed by atoms with Crippen LogP contribution in [0.5, 0.6) is 0 Å². The van der Waals surface area contributed by atoms with Crippen LogP contribution in [0.3, 0.4) is 0 Å². The number of hydrogen-bond donors (Lipinski definition) is 0. The second-order valence-corrected chi connectivity index (χ2v) is 7.40. The first-order valence-corrected chi connectivity index (χ1v) is 9.72. The molecule has 29 heavy (non-hydrogen) atoms. The number of aromatic nitrogens is 5. The van der Waals surface area contributed by atoms with Gasteiger partial charge in [0.2, 0.25) is 0 Å². The second kappa shape index (κ2) is 7.13. The van der Waals surface area contributed by atoms with Crippen LogP contribution in [-0.2, 0) is 11.8 Å². The maximum atomic E-state index is 6.50. The number of ether oxygens (including phenoxy) is 1. The van der Waals surface area contributed by atoms with Gasteiger partial charge in [-0.05, 0) is 25.1 Å². The third kappa shape index (κ3) is 3.24. The summed E-state index contributed by atoms with van der Waals surface area (Å²) in [5, 5.41) is 4.42. The number of aryl methyl sites for hydroxylation is 2. The lowest BCUT2D eigenvalue weighted by atomic mass is 10.2. The Morgan fingerprint density at radius 2 is 2.07 bits per heavy atom. The summed E-state index contributed by atoms with van der Waals surface area (Å²) in [5.74, 6) is 2.68. The highest BCUT2D eigenvalue weighted by Gasteiger charge is 2.28. The Kier molecular flexibility index (Phi) is 4.44. The summed E-state index contributed by atoms with van der Waals surface area (Å²) in [5.41, 5.74) is 2.82. The zero-order valence-electron chi connectivity index (χ0n) is 16.0. The van der Waals surface area contributed by atoms with Crippen LogP contribution in [0.15, 0.2) is 41.1 Å². The molecular weight excluding hydrogens is 392 g/mol. The molecule has 1 unspecified atom stereocenters. The van der Waals surface area contributed by atoms with E-state index in [-0.39, 0.29) is 6.10 Å². The van der Waals surface area contributed by atoms with Gasteiger partial charge in [0.05, 0.1) is 29.2 Å². The highest BCUT2D eigenvalue weighted by Crippen LogP contribution is 2.33. The molecule has 148 valence electrons. The van der Waals surface area contributed by atoms with Crippen LogP contribution in [0.2, 0.25) is 5.02 Å². The van der Waals surface area contributed by atoms with E-state index in [1.807, 2.05) is 41.9 Å². The van der Waals surface area contributed by atoms with Crippen LogP contribution in [0, 0.1) is 6.92 Å². The van der Waals surface area contributed by atoms with Crippen molar-refractivity contribution in [2.45, 2.75) is 13.0 Å². The molecule has 8 nitrogen and oxygen atoms in total. The number of fused-ring (bicyclic) bond motifs is 1. The summed E-state index contributed by atoms with van der Waals surface area (Å²) >= 11 is 6.50. The van der Waals surface area contributed by atoms with E-state index in [4.69, 9.17) is 25.8 Å². The first kappa shape index (κ1) is 18.1. The van der Waals surface area contributed by atoms with Gasteiger partial charge in [0.1, 0.15) is 11.6 Å². The van der Waals surface area contributed by atoms with E-state index in [1.54, 1.807) is 13.1 Å². The number of morpholine rings is 1. The lowest BCUT2D eigenvalue weighted by Crippen LogP contribution is -2.39. The summed E-state index contributed by atoms with van der Waals surface area (Å²) in [6, 6.07) is 9.99. The molecule has 1 saturated heterocycles. The van der Waals surface area contributed by atoms with Crippen molar-refractivity contribution >= 4 is 28.5 Å². The van der Waals surface area contributed by atoms with Gasteiger partial charge >= 0.3 is 0 Å². The summed E-state index contributed by atoms with van der Waals surface area (Å²) in [7, 11) is 1.99. The summed E-state index contributed by atoms with van der Waals surface area (Å²) in [6.07, 6.45) is 1.38. The molecule has 1 aliphatic heterocycles. The normalized spacial score (nSPS) is 17.2. The highest BCUT2D eigenvalue weighted by molar-refractivity contribution is 6.33. The van der Waals surface area contributed by atoms with Crippen molar-refractivity contribution < 1.29 is 9.26 Å². The molecular formula is C20H19ClN6O2. The van der Waals surface area contributed by atoms with Gasteiger partial charge in [0.25, 0.3) is 5.89 Å². The zero-order chi connectivity index (χ0) is 20.0. The van der Waals surface area contributed by atoms with Crippen LogP contribution in [0.25, 0.3) is 22.4 Å². The van der Waals surface area contributed by atoms with E-state index < -0.39 is 0 Å². The number of hydrogen-bond acceptors (Lipinski definition) is 7. The lowest BCUT2D eigenvalue weighted by molar-refractivity contribution is 0.0184. The minimum Gasteiger partial charge on any atom is -0.365 e. The van der Waals surface area contributed by atoms with Crippen LogP contribution in [0.4, 0.5) is 5.82 Å². The molecule has 0 amide bonds. The molecule has 0 radical (unpaired) electrons. The predicted molar refractivity (Wildman–Crippen MR) is 109 cm³/mol. The number of pyridine rings is 1. The fourth-order valence-corrected chi connectivity index (χ4v) is 3.80. The first-order valence-electron chi connectivity index (χ1n) is 9.34. The van der Waals surface area contributed by atoms with Crippen molar-refractivity contribution in [1.29, 1.82) is 0 Å². The van der Waals surface area contributed by atoms with Crippen molar-refractivity contribution in [1.82, 2.24) is 24.7 Å². The minimum absolute atomic E-state index is 0.290. The Morgan fingerprint density at radius 1 is 1.21 bits per heavy atom. The van der Waals surface area contributed by atoms with Crippen molar-refractivity contribution in [3.8, 4) is 11.4 Å². The molecule has 1 aliphatic rings. The molecule has 0 N–H and O–H groups in total. The number of benzene rings is 1. The van der Waals surface area contributed by atoms with Gasteiger partial charge in [0, 0.05) is 25.4 Å². The number of nitrogens with zero attached hydrogens (tertiary/aromatic N) is 6. The van der Waals surface area contributed by atoms with E-state index in [1.165, 1.54) is 0 Å². The smallest absolute Gasteiger partial charge is 0.257 e. The standard InChI is InChI=1S/C20H19ClN6O2/c1-12-23-20(29-25-12)17-11-27(7-8-28-17)18-9-13(14(21)10-22-18)19-24-15-5-3-4-6-16(15)26(19)2/h3-6,9-10,17H,7-8,11H2,1-2H3. The van der Waals surface area contributed by atoms with Gasteiger partial charge < -0.3 is 18.7 Å². The maximum absolute atomic E-state index is 6.50. The molecule has 4 heterocycles. The Labute approximate surface area is 172 Å². The van der Waals surface area contributed by atoms with Gasteiger partial charge in [-0.2, -0.15) is 4.98 Å². The summed E-state index contributed by atoms with van der Waals surface area (Å²) in [4.78, 5) is 15.7. The number of imidazole rings is 1. The fourth-order valence-electron chi connectivity index (χ4n) is 3.61. The number of halogens is 1. The Hall–Kier alpha value is -2.97. The van der Waals surface area contributed by atoms with E-state index in [0.717, 1.165) is 28.2 Å². The van der Waals surface area contributed by atoms with Gasteiger partial charge in [-0.15, -0.1) is 0 Å². The lowest BCUT2D eigenvalue weighted by Gasteiger charge is -2.32. The van der Waals surface area contributed by atoms with Crippen molar-refractivity contribution in [2.75, 3.05) is 24.6 Å². The Bertz CT molecular complexity index is 1190. The average Bonchev–Trinajstić information content (AvgIpc) is 3.32. The van der Waals surface area contributed by atoms with Crippen LogP contribution in [-0.4, -0.2) is 44.4 Å². The third-order valence-corrected chi connectivity index (χ3v) is 5.38. The molecule has 4 aromatic rings. The predicted octanol–water partition coefficient (Wildman–Crippen LogP) is 3.56. The molecule has 0 saturated carbocycles. The van der Waals surface area contributed by atoms with Gasteiger partial charge in [-0.25, -0.2) is 9.97 Å². The van der Waals surface area contributed by atoms with E-state index in [9.17, 15) is 0 Å². The minimum atomic E-state index is -0.290. The van der Waals surface area contributed by atoms with Crippen molar-refractivity contribution in [2.24, 2.45) is 7.05 Å². The van der Waals surface area contributed by atoms with Crippen LogP contribution >= 0.6 is 11.6 Å². The highest BCUT2D eigenvalue weighted by atomic mass is 35.5. The molecule has 0 bridgehead atoms. The topological polar surface area (TPSA) is 82.1 Å². The first-order chi connectivity index (χ1) is 14.1. The molecule has 0 spiro atoms. The molecule has 1 aromatic carbocycles. The molecule has 9 heteroatoms. The monoisotopic (exact) mass is 410 g/mol. The van der Waals surface area contributed by atoms with Crippen LogP contribution < -0.4 is 4.90 Å². The quantitative estimate of drug-likeness (QED) is 0.510. The van der Waals surface area contributed by atoms with Gasteiger partial charge in [-0.1, -0.05) is 28.9 Å². The van der Waals surface area contributed by atoms with Crippen LogP contribution in [0.1, 0.15) is 17.8 Å². The number of para-hydroxylation sites is 2. The Morgan fingerprint density at radius 3 is 2.86 bits per heavy atom. The third-order valence-electron chi connectivity index (χ3n) is 5.08. The average molecular weight is 411 g/mol. The second-order valence-electron chi connectivity index (χ2n) is 6.99. The summed E-state index contributed by atoms with van der Waals surface area (Å²) < 4.78 is 13.1. The largest absolute Gasteiger partial charge is 0.365 e.